The molecule has 0 saturated carbocycles. The Morgan fingerprint density at radius 1 is 0.821 bits per heavy atom. The molecule has 3 aromatic carbocycles. The summed E-state index contributed by atoms with van der Waals surface area (Å²) in [6.45, 7) is 5.55. The van der Waals surface area contributed by atoms with E-state index in [-0.39, 0.29) is 5.41 Å². The maximum absolute atomic E-state index is 6.08. The zero-order valence-corrected chi connectivity index (χ0v) is 17.6. The van der Waals surface area contributed by atoms with Gasteiger partial charge in [0.05, 0.1) is 13.2 Å². The second-order valence-electron chi connectivity index (χ2n) is 7.12. The van der Waals surface area contributed by atoms with Crippen LogP contribution >= 0.6 is 23.2 Å². The molecule has 0 aliphatic carbocycles. The van der Waals surface area contributed by atoms with Crippen LogP contribution in [0.2, 0.25) is 10.0 Å². The Labute approximate surface area is 177 Å². The van der Waals surface area contributed by atoms with Gasteiger partial charge in [0.1, 0.15) is 11.5 Å². The molecule has 3 aromatic rings. The van der Waals surface area contributed by atoms with Crippen molar-refractivity contribution in [2.24, 2.45) is 0 Å². The van der Waals surface area contributed by atoms with Gasteiger partial charge < -0.3 is 9.47 Å². The number of benzene rings is 3. The maximum atomic E-state index is 6.08. The molecule has 146 valence electrons. The lowest BCUT2D eigenvalue weighted by Gasteiger charge is -2.29. The highest BCUT2D eigenvalue weighted by Gasteiger charge is 2.24. The molecule has 0 bridgehead atoms. The highest BCUT2D eigenvalue weighted by molar-refractivity contribution is 6.30. The molecule has 0 aliphatic rings. The normalized spacial score (nSPS) is 13.1. The van der Waals surface area contributed by atoms with Gasteiger partial charge in [-0.2, -0.15) is 0 Å². The molecule has 0 saturated heterocycles. The van der Waals surface area contributed by atoms with Crippen molar-refractivity contribution in [3.8, 4) is 11.5 Å². The topological polar surface area (TPSA) is 18.5 Å². The molecule has 3 rings (SSSR count). The van der Waals surface area contributed by atoms with Crippen molar-refractivity contribution in [3.05, 3.63) is 94.0 Å². The van der Waals surface area contributed by atoms with E-state index in [0.717, 1.165) is 22.8 Å². The number of rotatable bonds is 8. The largest absolute Gasteiger partial charge is 0.457 e. The van der Waals surface area contributed by atoms with Crippen molar-refractivity contribution >= 4 is 23.2 Å². The smallest absolute Gasteiger partial charge is 0.128 e. The summed E-state index contributed by atoms with van der Waals surface area (Å²) < 4.78 is 12.0. The van der Waals surface area contributed by atoms with E-state index in [1.165, 1.54) is 5.56 Å². The predicted molar refractivity (Wildman–Crippen MR) is 117 cm³/mol. The van der Waals surface area contributed by atoms with Gasteiger partial charge in [-0.3, -0.25) is 0 Å². The number of halogens is 2. The Bertz CT molecular complexity index is 908. The minimum absolute atomic E-state index is 0.0561. The molecule has 2 nitrogen and oxygen atoms in total. The Balaban J connectivity index is 1.62. The zero-order valence-electron chi connectivity index (χ0n) is 16.1. The number of ether oxygens (including phenoxy) is 2. The summed E-state index contributed by atoms with van der Waals surface area (Å²) >= 11 is 12.0. The van der Waals surface area contributed by atoms with E-state index in [9.17, 15) is 0 Å². The van der Waals surface area contributed by atoms with E-state index < -0.39 is 0 Å². The van der Waals surface area contributed by atoms with Crippen LogP contribution in [0.3, 0.4) is 0 Å². The minimum atomic E-state index is -0.0561. The minimum Gasteiger partial charge on any atom is -0.457 e. The van der Waals surface area contributed by atoms with Gasteiger partial charge in [0.2, 0.25) is 0 Å². The van der Waals surface area contributed by atoms with Crippen LogP contribution in [0, 0.1) is 0 Å². The molecular formula is C24H24Cl2O2. The molecule has 28 heavy (non-hydrogen) atoms. The Morgan fingerprint density at radius 3 is 2.18 bits per heavy atom. The summed E-state index contributed by atoms with van der Waals surface area (Å²) in [6, 6.07) is 23.3. The Morgan fingerprint density at radius 2 is 1.50 bits per heavy atom. The fraction of sp³-hybridized carbons (Fsp3) is 0.250. The summed E-state index contributed by atoms with van der Waals surface area (Å²) in [5.74, 6) is 1.48. The van der Waals surface area contributed by atoms with Crippen LogP contribution in [-0.4, -0.2) is 6.61 Å². The fourth-order valence-electron chi connectivity index (χ4n) is 3.00. The monoisotopic (exact) mass is 414 g/mol. The quantitative estimate of drug-likeness (QED) is 0.376. The summed E-state index contributed by atoms with van der Waals surface area (Å²) in [5, 5.41) is 1.40. The third-order valence-corrected chi connectivity index (χ3v) is 5.43. The second kappa shape index (κ2) is 9.47. The van der Waals surface area contributed by atoms with Gasteiger partial charge in [0.25, 0.3) is 0 Å². The van der Waals surface area contributed by atoms with E-state index in [4.69, 9.17) is 32.7 Å². The average Bonchev–Trinajstić information content (AvgIpc) is 2.69. The first kappa shape index (κ1) is 20.7. The van der Waals surface area contributed by atoms with Crippen molar-refractivity contribution in [2.45, 2.75) is 32.3 Å². The third-order valence-electron chi connectivity index (χ3n) is 4.94. The van der Waals surface area contributed by atoms with E-state index >= 15 is 0 Å². The lowest BCUT2D eigenvalue weighted by atomic mass is 9.81. The predicted octanol–water partition coefficient (Wildman–Crippen LogP) is 7.67. The number of hydrogen-bond donors (Lipinski definition) is 0. The molecule has 0 amide bonds. The molecule has 0 aromatic heterocycles. The molecule has 0 spiro atoms. The maximum Gasteiger partial charge on any atom is 0.128 e. The molecular weight excluding hydrogens is 391 g/mol. The lowest BCUT2D eigenvalue weighted by Crippen LogP contribution is -2.27. The van der Waals surface area contributed by atoms with Crippen molar-refractivity contribution in [2.75, 3.05) is 6.61 Å². The number of hydrogen-bond acceptors (Lipinski definition) is 2. The SMILES string of the molecule is CCC(C)(COCc1cccc(Oc2cccc(Cl)c2)c1)c1ccc(Cl)cc1. The highest BCUT2D eigenvalue weighted by atomic mass is 35.5. The fourth-order valence-corrected chi connectivity index (χ4v) is 3.31. The standard InChI is InChI=1S/C24H24Cl2O2/c1-3-24(2,19-10-12-20(25)13-11-19)17-27-16-18-6-4-8-22(14-18)28-23-9-5-7-21(26)15-23/h4-15H,3,16-17H2,1-2H3. The van der Waals surface area contributed by atoms with Gasteiger partial charge in [-0.1, -0.05) is 67.4 Å². The molecule has 1 atom stereocenters. The van der Waals surface area contributed by atoms with Gasteiger partial charge in [-0.15, -0.1) is 0 Å². The average molecular weight is 415 g/mol. The van der Waals surface area contributed by atoms with Crippen LogP contribution in [0.4, 0.5) is 0 Å². The van der Waals surface area contributed by atoms with Gasteiger partial charge in [0, 0.05) is 15.5 Å². The van der Waals surface area contributed by atoms with E-state index in [1.54, 1.807) is 6.07 Å². The van der Waals surface area contributed by atoms with Crippen LogP contribution in [-0.2, 0) is 16.8 Å². The van der Waals surface area contributed by atoms with Crippen molar-refractivity contribution in [1.82, 2.24) is 0 Å². The highest BCUT2D eigenvalue weighted by Crippen LogP contribution is 2.30. The van der Waals surface area contributed by atoms with E-state index in [1.807, 2.05) is 54.6 Å². The summed E-state index contributed by atoms with van der Waals surface area (Å²) in [5.41, 5.74) is 2.24. The van der Waals surface area contributed by atoms with Gasteiger partial charge in [-0.25, -0.2) is 0 Å². The molecule has 0 aliphatic heterocycles. The molecule has 0 N–H and O–H groups in total. The second-order valence-corrected chi connectivity index (χ2v) is 7.99. The van der Waals surface area contributed by atoms with E-state index in [0.29, 0.717) is 24.0 Å². The summed E-state index contributed by atoms with van der Waals surface area (Å²) in [6.07, 6.45) is 0.979. The van der Waals surface area contributed by atoms with Crippen molar-refractivity contribution in [3.63, 3.8) is 0 Å². The molecule has 0 fully saturated rings. The zero-order chi connectivity index (χ0) is 20.0. The molecule has 0 radical (unpaired) electrons. The van der Waals surface area contributed by atoms with Gasteiger partial charge >= 0.3 is 0 Å². The Hall–Kier alpha value is -2.00. The Kier molecular flexibility index (Phi) is 7.01. The first-order chi connectivity index (χ1) is 13.5. The molecule has 0 heterocycles. The van der Waals surface area contributed by atoms with Crippen LogP contribution in [0.25, 0.3) is 0 Å². The van der Waals surface area contributed by atoms with E-state index in [2.05, 4.69) is 26.0 Å². The van der Waals surface area contributed by atoms with Gasteiger partial charge in [0.15, 0.2) is 0 Å². The van der Waals surface area contributed by atoms with Crippen molar-refractivity contribution < 1.29 is 9.47 Å². The summed E-state index contributed by atoms with van der Waals surface area (Å²) in [4.78, 5) is 0. The lowest BCUT2D eigenvalue weighted by molar-refractivity contribution is 0.0747. The first-order valence-corrected chi connectivity index (χ1v) is 10.1. The van der Waals surface area contributed by atoms with Crippen LogP contribution in [0.5, 0.6) is 11.5 Å². The van der Waals surface area contributed by atoms with Crippen LogP contribution < -0.4 is 4.74 Å². The van der Waals surface area contributed by atoms with Crippen molar-refractivity contribution in [1.29, 1.82) is 0 Å². The summed E-state index contributed by atoms with van der Waals surface area (Å²) in [7, 11) is 0. The third kappa shape index (κ3) is 5.51. The first-order valence-electron chi connectivity index (χ1n) is 9.35. The molecule has 1 unspecified atom stereocenters. The van der Waals surface area contributed by atoms with Crippen LogP contribution in [0.1, 0.15) is 31.4 Å². The molecule has 4 heteroatoms. The van der Waals surface area contributed by atoms with Gasteiger partial charge in [-0.05, 0) is 60.0 Å². The van der Waals surface area contributed by atoms with Crippen LogP contribution in [0.15, 0.2) is 72.8 Å².